The van der Waals surface area contributed by atoms with Gasteiger partial charge in [-0.05, 0) is 194 Å². The fraction of sp³-hybridized carbons (Fsp3) is 0.0377. The van der Waals surface area contributed by atoms with E-state index in [4.69, 9.17) is 0 Å². The van der Waals surface area contributed by atoms with Gasteiger partial charge in [-0.25, -0.2) is 0 Å². The fourth-order valence-electron chi connectivity index (χ4n) is 19.2. The van der Waals surface area contributed by atoms with Crippen molar-refractivity contribution in [2.24, 2.45) is 0 Å². The number of benzene rings is 17. The average Bonchev–Trinajstić information content (AvgIpc) is 1.45. The second-order valence-corrected chi connectivity index (χ2v) is 31.5. The van der Waals surface area contributed by atoms with E-state index in [0.29, 0.717) is 0 Å². The number of anilines is 6. The minimum Gasteiger partial charge on any atom is -0.311 e. The van der Waals surface area contributed by atoms with E-state index in [2.05, 4.69) is 437 Å². The first-order valence-electron chi connectivity index (χ1n) is 39.3. The molecule has 4 aromatic heterocycles. The van der Waals surface area contributed by atoms with Gasteiger partial charge in [-0.2, -0.15) is 0 Å². The molecular weight excluding hydrogens is 1370 g/mol. The molecule has 0 aliphatic carbocycles. The number of rotatable bonds is 10. The summed E-state index contributed by atoms with van der Waals surface area (Å²) in [4.78, 5) is 5.30. The zero-order chi connectivity index (χ0) is 74.7. The summed E-state index contributed by atoms with van der Waals surface area (Å²) in [6, 6.07) is 145. The monoisotopic (exact) mass is 1440 g/mol. The van der Waals surface area contributed by atoms with Gasteiger partial charge in [0.25, 0.3) is 6.71 Å². The second-order valence-electron chi connectivity index (χ2n) is 31.5. The first-order valence-corrected chi connectivity index (χ1v) is 39.3. The minimum atomic E-state index is -0.301. The maximum absolute atomic E-state index is 2.65. The van der Waals surface area contributed by atoms with Crippen LogP contribution in [0, 0.1) is 0 Å². The molecule has 2 aliphatic rings. The van der Waals surface area contributed by atoms with Gasteiger partial charge in [-0.3, -0.25) is 0 Å². The molecule has 0 spiro atoms. The summed E-state index contributed by atoms with van der Waals surface area (Å²) in [5.41, 5.74) is 34.5. The van der Waals surface area contributed by atoms with Crippen molar-refractivity contribution in [1.29, 1.82) is 0 Å². The molecule has 0 fully saturated rings. The molecule has 21 aromatic rings. The lowest BCUT2D eigenvalue weighted by molar-refractivity contribution is 0.590. The van der Waals surface area contributed by atoms with E-state index in [0.717, 1.165) is 101 Å². The Balaban J connectivity index is 0.739. The Morgan fingerprint density at radius 2 is 0.478 bits per heavy atom. The van der Waals surface area contributed by atoms with Crippen molar-refractivity contribution in [1.82, 2.24) is 18.3 Å². The van der Waals surface area contributed by atoms with Crippen molar-refractivity contribution in [3.05, 3.63) is 394 Å². The third-order valence-corrected chi connectivity index (χ3v) is 24.3. The molecule has 0 amide bonds. The SMILES string of the molecule is CC(C)(C)c1cc2c3c(c1)N(c1ccccc1-c1cccc(-c4ccc(-n5c6ccccc6c6ccccc65)cc4)c1)c1cc(-n4c5ccccc5c5ccccc54)ccc1B3c1ccc(-n3c4ccccc4c4ccccc43)cc1N2c1ccccc1-c1cccc(-c2ccc(-n3c4ccccc4c4ccccc43)cc2)c1. The summed E-state index contributed by atoms with van der Waals surface area (Å²) in [7, 11) is 0. The molecule has 7 heteroatoms. The summed E-state index contributed by atoms with van der Waals surface area (Å²) in [6.45, 7) is 6.94. The third kappa shape index (κ3) is 9.94. The smallest absolute Gasteiger partial charge is 0.252 e. The number of hydrogen-bond donors (Lipinski definition) is 0. The van der Waals surface area contributed by atoms with Crippen LogP contribution in [0.25, 0.3) is 154 Å². The van der Waals surface area contributed by atoms with Gasteiger partial charge in [0.2, 0.25) is 0 Å². The molecule has 23 rings (SSSR count). The topological polar surface area (TPSA) is 26.2 Å². The van der Waals surface area contributed by atoms with Crippen LogP contribution in [0.2, 0.25) is 0 Å². The van der Waals surface area contributed by atoms with Crippen LogP contribution in [0.4, 0.5) is 34.1 Å². The van der Waals surface area contributed by atoms with Gasteiger partial charge in [-0.1, -0.05) is 276 Å². The molecule has 0 bridgehead atoms. The van der Waals surface area contributed by atoms with Crippen molar-refractivity contribution in [2.45, 2.75) is 26.2 Å². The molecule has 0 saturated heterocycles. The quantitative estimate of drug-likeness (QED) is 0.128. The molecule has 0 unspecified atom stereocenters. The van der Waals surface area contributed by atoms with Crippen LogP contribution in [-0.2, 0) is 5.41 Å². The Morgan fingerprint density at radius 1 is 0.204 bits per heavy atom. The van der Waals surface area contributed by atoms with Gasteiger partial charge in [0, 0.05) is 99.7 Å². The van der Waals surface area contributed by atoms with Gasteiger partial charge >= 0.3 is 0 Å². The molecule has 0 atom stereocenters. The van der Waals surface area contributed by atoms with E-state index < -0.39 is 0 Å². The summed E-state index contributed by atoms with van der Waals surface area (Å²) >= 11 is 0. The van der Waals surface area contributed by atoms with Crippen LogP contribution in [0.5, 0.6) is 0 Å². The van der Waals surface area contributed by atoms with Gasteiger partial charge in [0.05, 0.1) is 55.5 Å². The van der Waals surface area contributed by atoms with Crippen molar-refractivity contribution in [2.75, 3.05) is 9.80 Å². The highest BCUT2D eigenvalue weighted by Gasteiger charge is 2.45. The first kappa shape index (κ1) is 64.6. The third-order valence-electron chi connectivity index (χ3n) is 24.3. The van der Waals surface area contributed by atoms with Crippen molar-refractivity contribution in [3.8, 4) is 67.3 Å². The number of hydrogen-bond acceptors (Lipinski definition) is 2. The van der Waals surface area contributed by atoms with E-state index in [1.54, 1.807) is 0 Å². The maximum atomic E-state index is 2.65. The summed E-state index contributed by atoms with van der Waals surface area (Å²) in [5, 5.41) is 9.93. The molecule has 6 nitrogen and oxygen atoms in total. The molecule has 6 heterocycles. The Labute approximate surface area is 655 Å². The average molecular weight is 1440 g/mol. The van der Waals surface area contributed by atoms with Gasteiger partial charge in [-0.15, -0.1) is 0 Å². The van der Waals surface area contributed by atoms with Crippen LogP contribution < -0.4 is 26.2 Å². The van der Waals surface area contributed by atoms with E-state index in [1.165, 1.54) is 109 Å². The van der Waals surface area contributed by atoms with Crippen LogP contribution >= 0.6 is 0 Å². The molecule has 0 radical (unpaired) electrons. The van der Waals surface area contributed by atoms with Crippen LogP contribution in [0.1, 0.15) is 26.3 Å². The fourth-order valence-corrected chi connectivity index (χ4v) is 19.2. The van der Waals surface area contributed by atoms with Crippen molar-refractivity contribution >= 4 is 144 Å². The largest absolute Gasteiger partial charge is 0.311 e. The minimum absolute atomic E-state index is 0.201. The Hall–Kier alpha value is -14.4. The van der Waals surface area contributed by atoms with Crippen molar-refractivity contribution < 1.29 is 0 Å². The molecule has 530 valence electrons. The van der Waals surface area contributed by atoms with Crippen LogP contribution in [0.15, 0.2) is 388 Å². The Bertz CT molecular complexity index is 6860. The molecule has 0 N–H and O–H groups in total. The highest BCUT2D eigenvalue weighted by molar-refractivity contribution is 7.00. The lowest BCUT2D eigenvalue weighted by atomic mass is 9.33. The molecule has 2 aliphatic heterocycles. The van der Waals surface area contributed by atoms with E-state index in [9.17, 15) is 0 Å². The van der Waals surface area contributed by atoms with Gasteiger partial charge in [0.15, 0.2) is 0 Å². The number of nitrogens with zero attached hydrogens (tertiary/aromatic N) is 6. The number of fused-ring (bicyclic) bond motifs is 16. The highest BCUT2D eigenvalue weighted by Crippen LogP contribution is 2.52. The van der Waals surface area contributed by atoms with E-state index in [1.807, 2.05) is 0 Å². The Morgan fingerprint density at radius 3 is 0.796 bits per heavy atom. The number of para-hydroxylation sites is 10. The first-order chi connectivity index (χ1) is 55.7. The van der Waals surface area contributed by atoms with Crippen LogP contribution in [-0.4, -0.2) is 25.0 Å². The molecule has 17 aromatic carbocycles. The molecule has 0 saturated carbocycles. The van der Waals surface area contributed by atoms with Gasteiger partial charge < -0.3 is 28.1 Å². The zero-order valence-electron chi connectivity index (χ0n) is 62.7. The lowest BCUT2D eigenvalue weighted by Crippen LogP contribution is -2.61. The summed E-state index contributed by atoms with van der Waals surface area (Å²) in [6.07, 6.45) is 0. The van der Waals surface area contributed by atoms with Gasteiger partial charge in [0.1, 0.15) is 0 Å². The predicted molar refractivity (Wildman–Crippen MR) is 478 cm³/mol. The molecule has 113 heavy (non-hydrogen) atoms. The summed E-state index contributed by atoms with van der Waals surface area (Å²) in [5.74, 6) is 0. The normalized spacial score (nSPS) is 12.7. The maximum Gasteiger partial charge on any atom is 0.252 e. The number of aromatic nitrogens is 4. The van der Waals surface area contributed by atoms with E-state index in [-0.39, 0.29) is 12.1 Å². The van der Waals surface area contributed by atoms with Crippen LogP contribution in [0.3, 0.4) is 0 Å². The second kappa shape index (κ2) is 25.1. The standard InChI is InChI=1S/C106H73BN6/c1-106(2,3)74-64-103-105-104(65-74)113(92-41-15-5-31-80(92)73-29-25-27-71(63-73)69-52-56-76(57-53-69)109-95-44-18-8-34-83(95)84-35-9-19-45-96(84)109)102-67-78(111-99-48-22-12-38-87(99)88-39-13-23-49-100(88)111)59-61-90(102)107(105)89-60-58-77(110-97-46-20-10-36-85(97)86-37-11-21-47-98(86)110)66-101(89)112(103)91-40-14-4-30-79(91)72-28-24-26-70(62-72)68-50-54-75(55-51-68)108-93-42-16-6-32-81(93)82-33-7-17-43-94(82)108/h4-67H,1-3H3. The molecular formula is C106H73BN6. The predicted octanol–water partition coefficient (Wildman–Crippen LogP) is 26.1. The highest BCUT2D eigenvalue weighted by atomic mass is 15.2. The Kier molecular flexibility index (Phi) is 14.3. The zero-order valence-corrected chi connectivity index (χ0v) is 62.7. The van der Waals surface area contributed by atoms with Crippen molar-refractivity contribution in [3.63, 3.8) is 0 Å². The summed E-state index contributed by atoms with van der Waals surface area (Å²) < 4.78 is 9.77. The van der Waals surface area contributed by atoms with E-state index >= 15 is 0 Å². The lowest BCUT2D eigenvalue weighted by Gasteiger charge is -2.46.